The second kappa shape index (κ2) is 5.17. The van der Waals surface area contributed by atoms with Gasteiger partial charge in [-0.1, -0.05) is 24.3 Å². The van der Waals surface area contributed by atoms with Crippen LogP contribution in [0.15, 0.2) is 36.7 Å². The van der Waals surface area contributed by atoms with Crippen LogP contribution >= 0.6 is 0 Å². The van der Waals surface area contributed by atoms with Crippen LogP contribution in [0.2, 0.25) is 0 Å². The quantitative estimate of drug-likeness (QED) is 0.911. The topological polar surface area (TPSA) is 29.9 Å². The zero-order chi connectivity index (χ0) is 14.0. The number of benzene rings is 1. The van der Waals surface area contributed by atoms with E-state index in [4.69, 9.17) is 0 Å². The van der Waals surface area contributed by atoms with Gasteiger partial charge in [0.25, 0.3) is 0 Å². The smallest absolute Gasteiger partial charge is 0.0568 e. The zero-order valence-electron chi connectivity index (χ0n) is 12.4. The molecule has 0 spiro atoms. The van der Waals surface area contributed by atoms with Crippen LogP contribution in [0.5, 0.6) is 0 Å². The lowest BCUT2D eigenvalue weighted by atomic mass is 10.0. The van der Waals surface area contributed by atoms with Crippen LogP contribution in [-0.2, 0) is 7.05 Å². The number of aryl methyl sites for hydroxylation is 1. The van der Waals surface area contributed by atoms with Gasteiger partial charge in [-0.3, -0.25) is 4.68 Å². The fourth-order valence-corrected chi connectivity index (χ4v) is 2.27. The molecule has 2 aromatic rings. The van der Waals surface area contributed by atoms with Gasteiger partial charge in [-0.25, -0.2) is 0 Å². The van der Waals surface area contributed by atoms with Crippen molar-refractivity contribution in [2.24, 2.45) is 7.05 Å². The molecule has 0 saturated heterocycles. The van der Waals surface area contributed by atoms with Crippen molar-refractivity contribution in [3.8, 4) is 11.1 Å². The molecule has 1 aromatic carbocycles. The van der Waals surface area contributed by atoms with E-state index < -0.39 is 0 Å². The molecule has 0 aliphatic carbocycles. The van der Waals surface area contributed by atoms with Gasteiger partial charge in [-0.2, -0.15) is 5.10 Å². The Morgan fingerprint density at radius 1 is 1.11 bits per heavy atom. The van der Waals surface area contributed by atoms with Gasteiger partial charge in [-0.05, 0) is 38.8 Å². The molecule has 0 fully saturated rings. The monoisotopic (exact) mass is 257 g/mol. The molecule has 0 unspecified atom stereocenters. The van der Waals surface area contributed by atoms with Gasteiger partial charge in [0.15, 0.2) is 0 Å². The Balaban J connectivity index is 2.14. The van der Waals surface area contributed by atoms with Crippen molar-refractivity contribution in [2.45, 2.75) is 39.3 Å². The zero-order valence-corrected chi connectivity index (χ0v) is 12.4. The van der Waals surface area contributed by atoms with E-state index in [1.54, 1.807) is 0 Å². The molecule has 0 aliphatic rings. The maximum atomic E-state index is 4.20. The maximum absolute atomic E-state index is 4.20. The fraction of sp³-hybridized carbons (Fsp3) is 0.438. The third kappa shape index (κ3) is 3.67. The first-order valence-electron chi connectivity index (χ1n) is 6.72. The molecule has 0 aliphatic heterocycles. The SMILES string of the molecule is C[C@H](NC(C)(C)C)c1ccc(-c2cnn(C)c2)cc1. The van der Waals surface area contributed by atoms with Gasteiger partial charge >= 0.3 is 0 Å². The van der Waals surface area contributed by atoms with Gasteiger partial charge in [-0.15, -0.1) is 0 Å². The highest BCUT2D eigenvalue weighted by atomic mass is 15.2. The van der Waals surface area contributed by atoms with E-state index in [9.17, 15) is 0 Å². The van der Waals surface area contributed by atoms with Crippen LogP contribution in [0.4, 0.5) is 0 Å². The van der Waals surface area contributed by atoms with Gasteiger partial charge < -0.3 is 5.32 Å². The van der Waals surface area contributed by atoms with E-state index in [1.165, 1.54) is 11.1 Å². The second-order valence-corrected chi connectivity index (χ2v) is 6.14. The Kier molecular flexibility index (Phi) is 3.76. The average molecular weight is 257 g/mol. The summed E-state index contributed by atoms with van der Waals surface area (Å²) in [6, 6.07) is 9.04. The van der Waals surface area contributed by atoms with E-state index in [0.717, 1.165) is 5.56 Å². The lowest BCUT2D eigenvalue weighted by molar-refractivity contribution is 0.378. The van der Waals surface area contributed by atoms with E-state index in [1.807, 2.05) is 24.1 Å². The van der Waals surface area contributed by atoms with Crippen molar-refractivity contribution in [1.29, 1.82) is 0 Å². The highest BCUT2D eigenvalue weighted by molar-refractivity contribution is 5.62. The minimum Gasteiger partial charge on any atom is -0.306 e. The van der Waals surface area contributed by atoms with Gasteiger partial charge in [0.2, 0.25) is 0 Å². The van der Waals surface area contributed by atoms with Crippen LogP contribution in [0.1, 0.15) is 39.3 Å². The van der Waals surface area contributed by atoms with E-state index >= 15 is 0 Å². The van der Waals surface area contributed by atoms with Crippen molar-refractivity contribution >= 4 is 0 Å². The predicted octanol–water partition coefficient (Wildman–Crippen LogP) is 3.54. The maximum Gasteiger partial charge on any atom is 0.0568 e. The first kappa shape index (κ1) is 13.8. The summed E-state index contributed by atoms with van der Waals surface area (Å²) < 4.78 is 1.83. The number of nitrogens with one attached hydrogen (secondary N) is 1. The number of hydrogen-bond donors (Lipinski definition) is 1. The van der Waals surface area contributed by atoms with Crippen molar-refractivity contribution in [2.75, 3.05) is 0 Å². The molecule has 1 aromatic heterocycles. The summed E-state index contributed by atoms with van der Waals surface area (Å²) >= 11 is 0. The Morgan fingerprint density at radius 3 is 2.21 bits per heavy atom. The Bertz CT molecular complexity index is 532. The van der Waals surface area contributed by atoms with Crippen LogP contribution in [0.3, 0.4) is 0 Å². The lowest BCUT2D eigenvalue weighted by Gasteiger charge is -2.26. The van der Waals surface area contributed by atoms with Crippen molar-refractivity contribution in [3.63, 3.8) is 0 Å². The fourth-order valence-electron chi connectivity index (χ4n) is 2.27. The molecular weight excluding hydrogens is 234 g/mol. The van der Waals surface area contributed by atoms with Gasteiger partial charge in [0.05, 0.1) is 6.20 Å². The van der Waals surface area contributed by atoms with Crippen LogP contribution in [-0.4, -0.2) is 15.3 Å². The molecule has 1 N–H and O–H groups in total. The molecule has 1 heterocycles. The number of rotatable bonds is 3. The first-order chi connectivity index (χ1) is 8.85. The molecule has 0 amide bonds. The van der Waals surface area contributed by atoms with Crippen LogP contribution < -0.4 is 5.32 Å². The molecule has 19 heavy (non-hydrogen) atoms. The summed E-state index contributed by atoms with van der Waals surface area (Å²) in [6.07, 6.45) is 3.93. The Labute approximate surface area is 115 Å². The van der Waals surface area contributed by atoms with Crippen molar-refractivity contribution < 1.29 is 0 Å². The van der Waals surface area contributed by atoms with Gasteiger partial charge in [0.1, 0.15) is 0 Å². The van der Waals surface area contributed by atoms with Crippen LogP contribution in [0.25, 0.3) is 11.1 Å². The summed E-state index contributed by atoms with van der Waals surface area (Å²) in [5.74, 6) is 0. The molecule has 1 atom stereocenters. The van der Waals surface area contributed by atoms with Crippen LogP contribution in [0, 0.1) is 0 Å². The third-order valence-corrected chi connectivity index (χ3v) is 3.10. The second-order valence-electron chi connectivity index (χ2n) is 6.14. The predicted molar refractivity (Wildman–Crippen MR) is 79.9 cm³/mol. The molecule has 0 bridgehead atoms. The number of aromatic nitrogens is 2. The summed E-state index contributed by atoms with van der Waals surface area (Å²) in [5.41, 5.74) is 3.80. The normalized spacial score (nSPS) is 13.5. The highest BCUT2D eigenvalue weighted by Gasteiger charge is 2.14. The Morgan fingerprint density at radius 2 is 1.74 bits per heavy atom. The third-order valence-electron chi connectivity index (χ3n) is 3.10. The molecular formula is C16H23N3. The van der Waals surface area contributed by atoms with E-state index in [0.29, 0.717) is 6.04 Å². The largest absolute Gasteiger partial charge is 0.306 e. The molecule has 0 saturated carbocycles. The van der Waals surface area contributed by atoms with Crippen molar-refractivity contribution in [1.82, 2.24) is 15.1 Å². The summed E-state index contributed by atoms with van der Waals surface area (Å²) in [4.78, 5) is 0. The molecule has 102 valence electrons. The number of hydrogen-bond acceptors (Lipinski definition) is 2. The highest BCUT2D eigenvalue weighted by Crippen LogP contribution is 2.22. The number of nitrogens with zero attached hydrogens (tertiary/aromatic N) is 2. The Hall–Kier alpha value is -1.61. The lowest BCUT2D eigenvalue weighted by Crippen LogP contribution is -2.37. The minimum atomic E-state index is 0.126. The first-order valence-corrected chi connectivity index (χ1v) is 6.72. The average Bonchev–Trinajstić information content (AvgIpc) is 2.74. The van der Waals surface area contributed by atoms with E-state index in [-0.39, 0.29) is 5.54 Å². The van der Waals surface area contributed by atoms with Crippen molar-refractivity contribution in [3.05, 3.63) is 42.2 Å². The molecule has 3 heteroatoms. The summed E-state index contributed by atoms with van der Waals surface area (Å²) in [6.45, 7) is 8.76. The van der Waals surface area contributed by atoms with E-state index in [2.05, 4.69) is 62.4 Å². The standard InChI is InChI=1S/C16H23N3/c1-12(18-16(2,3)4)13-6-8-14(9-7-13)15-10-17-19(5)11-15/h6-12,18H,1-5H3/t12-/m0/s1. The molecule has 2 rings (SSSR count). The minimum absolute atomic E-state index is 0.126. The summed E-state index contributed by atoms with van der Waals surface area (Å²) in [5, 5.41) is 7.79. The molecule has 3 nitrogen and oxygen atoms in total. The molecule has 0 radical (unpaired) electrons. The summed E-state index contributed by atoms with van der Waals surface area (Å²) in [7, 11) is 1.94. The van der Waals surface area contributed by atoms with Gasteiger partial charge in [0, 0.05) is 30.4 Å².